The topological polar surface area (TPSA) is 26.0 Å². The van der Waals surface area contributed by atoms with Crippen LogP contribution < -0.4 is 5.73 Å². The maximum absolute atomic E-state index is 13.4. The first-order chi connectivity index (χ1) is 8.49. The molecule has 94 valence electrons. The van der Waals surface area contributed by atoms with Crippen molar-refractivity contribution in [3.8, 4) is 0 Å². The predicted molar refractivity (Wildman–Crippen MR) is 68.6 cm³/mol. The average Bonchev–Trinajstić information content (AvgIpc) is 2.32. The zero-order valence-corrected chi connectivity index (χ0v) is 10.5. The number of benzene rings is 2. The molecule has 1 unspecified atom stereocenters. The van der Waals surface area contributed by atoms with Crippen LogP contribution in [-0.2, 0) is 0 Å². The second-order valence-corrected chi connectivity index (χ2v) is 4.56. The van der Waals surface area contributed by atoms with Gasteiger partial charge in [-0.1, -0.05) is 23.7 Å². The van der Waals surface area contributed by atoms with Gasteiger partial charge in [-0.25, -0.2) is 8.78 Å². The lowest BCUT2D eigenvalue weighted by Crippen LogP contribution is -2.13. The van der Waals surface area contributed by atoms with Crippen molar-refractivity contribution < 1.29 is 8.78 Å². The lowest BCUT2D eigenvalue weighted by Gasteiger charge is -2.15. The van der Waals surface area contributed by atoms with Crippen molar-refractivity contribution in [3.63, 3.8) is 0 Å². The Kier molecular flexibility index (Phi) is 3.64. The van der Waals surface area contributed by atoms with Crippen molar-refractivity contribution in [3.05, 3.63) is 69.7 Å². The molecule has 0 bridgehead atoms. The summed E-state index contributed by atoms with van der Waals surface area (Å²) in [4.78, 5) is 0. The fourth-order valence-corrected chi connectivity index (χ4v) is 1.99. The molecule has 2 rings (SSSR count). The van der Waals surface area contributed by atoms with Gasteiger partial charge >= 0.3 is 0 Å². The first-order valence-electron chi connectivity index (χ1n) is 5.45. The Labute approximate surface area is 109 Å². The minimum Gasteiger partial charge on any atom is -0.320 e. The normalized spacial score (nSPS) is 12.5. The molecule has 2 N–H and O–H groups in total. The van der Waals surface area contributed by atoms with Crippen LogP contribution in [-0.4, -0.2) is 0 Å². The smallest absolute Gasteiger partial charge is 0.142 e. The molecule has 0 fully saturated rings. The van der Waals surface area contributed by atoms with Crippen LogP contribution in [0.15, 0.2) is 36.4 Å². The highest BCUT2D eigenvalue weighted by Crippen LogP contribution is 2.26. The molecule has 0 saturated carbocycles. The van der Waals surface area contributed by atoms with E-state index in [1.54, 1.807) is 19.1 Å². The Morgan fingerprint density at radius 3 is 2.44 bits per heavy atom. The van der Waals surface area contributed by atoms with Crippen LogP contribution in [0.25, 0.3) is 0 Å². The summed E-state index contributed by atoms with van der Waals surface area (Å²) >= 11 is 5.62. The SMILES string of the molecule is Cc1cc(F)ccc1C(N)c1ccc(Cl)c(F)c1. The van der Waals surface area contributed by atoms with Crippen LogP contribution in [0.2, 0.25) is 5.02 Å². The number of rotatable bonds is 2. The Morgan fingerprint density at radius 2 is 1.83 bits per heavy atom. The molecule has 0 saturated heterocycles. The third-order valence-corrected chi connectivity index (χ3v) is 3.18. The van der Waals surface area contributed by atoms with Gasteiger partial charge in [0.2, 0.25) is 0 Å². The van der Waals surface area contributed by atoms with Crippen molar-refractivity contribution in [1.29, 1.82) is 0 Å². The van der Waals surface area contributed by atoms with Crippen molar-refractivity contribution >= 4 is 11.6 Å². The van der Waals surface area contributed by atoms with Gasteiger partial charge in [-0.15, -0.1) is 0 Å². The molecule has 0 aliphatic carbocycles. The van der Waals surface area contributed by atoms with E-state index in [-0.39, 0.29) is 10.8 Å². The molecule has 0 radical (unpaired) electrons. The van der Waals surface area contributed by atoms with Gasteiger partial charge in [0.25, 0.3) is 0 Å². The minimum atomic E-state index is -0.510. The van der Waals surface area contributed by atoms with Gasteiger partial charge in [0.1, 0.15) is 11.6 Å². The van der Waals surface area contributed by atoms with Crippen molar-refractivity contribution in [2.75, 3.05) is 0 Å². The summed E-state index contributed by atoms with van der Waals surface area (Å²) in [6.45, 7) is 1.77. The van der Waals surface area contributed by atoms with Crippen LogP contribution >= 0.6 is 11.6 Å². The summed E-state index contributed by atoms with van der Waals surface area (Å²) in [5.74, 6) is -0.824. The lowest BCUT2D eigenvalue weighted by molar-refractivity contribution is 0.621. The van der Waals surface area contributed by atoms with E-state index < -0.39 is 11.9 Å². The molecule has 0 heterocycles. The second-order valence-electron chi connectivity index (χ2n) is 4.15. The fraction of sp³-hybridized carbons (Fsp3) is 0.143. The molecule has 0 aliphatic rings. The van der Waals surface area contributed by atoms with E-state index in [0.717, 1.165) is 11.1 Å². The molecular formula is C14H12ClF2N. The zero-order valence-electron chi connectivity index (χ0n) is 9.75. The monoisotopic (exact) mass is 267 g/mol. The number of nitrogens with two attached hydrogens (primary N) is 1. The van der Waals surface area contributed by atoms with E-state index in [4.69, 9.17) is 17.3 Å². The largest absolute Gasteiger partial charge is 0.320 e. The van der Waals surface area contributed by atoms with Crippen molar-refractivity contribution in [2.24, 2.45) is 5.73 Å². The second kappa shape index (κ2) is 5.04. The van der Waals surface area contributed by atoms with E-state index in [9.17, 15) is 8.78 Å². The van der Waals surface area contributed by atoms with Crippen molar-refractivity contribution in [1.82, 2.24) is 0 Å². The molecule has 2 aromatic rings. The number of aryl methyl sites for hydroxylation is 1. The number of hydrogen-bond donors (Lipinski definition) is 1. The molecule has 0 spiro atoms. The van der Waals surface area contributed by atoms with E-state index in [2.05, 4.69) is 0 Å². The summed E-state index contributed by atoms with van der Waals surface area (Å²) in [5.41, 5.74) is 8.15. The van der Waals surface area contributed by atoms with Gasteiger partial charge in [-0.3, -0.25) is 0 Å². The molecule has 1 nitrogen and oxygen atoms in total. The maximum Gasteiger partial charge on any atom is 0.142 e. The van der Waals surface area contributed by atoms with Crippen LogP contribution in [0.3, 0.4) is 0 Å². The van der Waals surface area contributed by atoms with Gasteiger partial charge in [0.15, 0.2) is 0 Å². The zero-order chi connectivity index (χ0) is 13.3. The Morgan fingerprint density at radius 1 is 1.11 bits per heavy atom. The minimum absolute atomic E-state index is 0.0572. The first kappa shape index (κ1) is 13.0. The molecule has 0 aliphatic heterocycles. The highest BCUT2D eigenvalue weighted by atomic mass is 35.5. The lowest BCUT2D eigenvalue weighted by atomic mass is 9.96. The fourth-order valence-electron chi connectivity index (χ4n) is 1.87. The molecule has 0 amide bonds. The summed E-state index contributed by atoms with van der Waals surface area (Å²) in [6.07, 6.45) is 0. The van der Waals surface area contributed by atoms with Gasteiger partial charge in [0.05, 0.1) is 11.1 Å². The van der Waals surface area contributed by atoms with Crippen LogP contribution in [0, 0.1) is 18.6 Å². The summed E-state index contributed by atoms with van der Waals surface area (Å²) in [6, 6.07) is 8.29. The van der Waals surface area contributed by atoms with Crippen LogP contribution in [0.5, 0.6) is 0 Å². The molecule has 2 aromatic carbocycles. The standard InChI is InChI=1S/C14H12ClF2N/c1-8-6-10(16)3-4-11(8)14(18)9-2-5-12(15)13(17)7-9/h2-7,14H,18H2,1H3. The Bertz CT molecular complexity index is 584. The van der Waals surface area contributed by atoms with Gasteiger partial charge < -0.3 is 5.73 Å². The summed E-state index contributed by atoms with van der Waals surface area (Å²) in [5, 5.41) is 0.0572. The van der Waals surface area contributed by atoms with Gasteiger partial charge in [-0.2, -0.15) is 0 Å². The number of halogens is 3. The molecule has 1 atom stereocenters. The van der Waals surface area contributed by atoms with E-state index >= 15 is 0 Å². The number of hydrogen-bond acceptors (Lipinski definition) is 1. The Hall–Kier alpha value is -1.45. The van der Waals surface area contributed by atoms with Gasteiger partial charge in [0, 0.05) is 0 Å². The molecule has 18 heavy (non-hydrogen) atoms. The predicted octanol–water partition coefficient (Wildman–Crippen LogP) is 3.97. The average molecular weight is 268 g/mol. The molecule has 4 heteroatoms. The van der Waals surface area contributed by atoms with Crippen molar-refractivity contribution in [2.45, 2.75) is 13.0 Å². The van der Waals surface area contributed by atoms with E-state index in [1.807, 2.05) is 0 Å². The van der Waals surface area contributed by atoms with E-state index in [0.29, 0.717) is 5.56 Å². The van der Waals surface area contributed by atoms with Crippen LogP contribution in [0.1, 0.15) is 22.7 Å². The van der Waals surface area contributed by atoms with Crippen LogP contribution in [0.4, 0.5) is 8.78 Å². The van der Waals surface area contributed by atoms with Gasteiger partial charge in [-0.05, 0) is 47.9 Å². The highest BCUT2D eigenvalue weighted by molar-refractivity contribution is 6.30. The first-order valence-corrected chi connectivity index (χ1v) is 5.83. The summed E-state index contributed by atoms with van der Waals surface area (Å²) in [7, 11) is 0. The molecular weight excluding hydrogens is 256 g/mol. The third kappa shape index (κ3) is 2.52. The Balaban J connectivity index is 2.41. The molecule has 0 aromatic heterocycles. The van der Waals surface area contributed by atoms with E-state index in [1.165, 1.54) is 24.3 Å². The highest BCUT2D eigenvalue weighted by Gasteiger charge is 2.13. The third-order valence-electron chi connectivity index (χ3n) is 2.87. The maximum atomic E-state index is 13.4. The quantitative estimate of drug-likeness (QED) is 0.875. The summed E-state index contributed by atoms with van der Waals surface area (Å²) < 4.78 is 26.4.